The summed E-state index contributed by atoms with van der Waals surface area (Å²) in [7, 11) is -1.80. The number of benzene rings is 2. The van der Waals surface area contributed by atoms with Crippen LogP contribution in [-0.2, 0) is 27.0 Å². The van der Waals surface area contributed by atoms with E-state index in [0.29, 0.717) is 28.7 Å². The van der Waals surface area contributed by atoms with Crippen LogP contribution in [0.3, 0.4) is 0 Å². The van der Waals surface area contributed by atoms with Crippen LogP contribution in [0.25, 0.3) is 10.8 Å². The molecule has 12 heteroatoms. The smallest absolute Gasteiger partial charge is 0.323 e. The molecule has 2 aromatic carbocycles. The summed E-state index contributed by atoms with van der Waals surface area (Å²) in [4.78, 5) is 42.4. The van der Waals surface area contributed by atoms with Crippen molar-refractivity contribution in [3.63, 3.8) is 0 Å². The second kappa shape index (κ2) is 12.6. The van der Waals surface area contributed by atoms with E-state index in [0.717, 1.165) is 28.6 Å². The normalized spacial score (nSPS) is 14.8. The Morgan fingerprint density at radius 3 is 2.70 bits per heavy atom. The van der Waals surface area contributed by atoms with E-state index in [4.69, 9.17) is 0 Å². The summed E-state index contributed by atoms with van der Waals surface area (Å²) in [6.07, 6.45) is 1.64. The van der Waals surface area contributed by atoms with Gasteiger partial charge in [-0.05, 0) is 41.8 Å². The van der Waals surface area contributed by atoms with Crippen molar-refractivity contribution in [2.45, 2.75) is 30.2 Å². The van der Waals surface area contributed by atoms with Crippen LogP contribution in [0.1, 0.15) is 27.4 Å². The number of hydrogen-bond acceptors (Lipinski definition) is 7. The lowest BCUT2D eigenvalue weighted by atomic mass is 10.1. The van der Waals surface area contributed by atoms with Gasteiger partial charge < -0.3 is 15.7 Å². The predicted molar refractivity (Wildman–Crippen MR) is 143 cm³/mol. The first-order valence-electron chi connectivity index (χ1n) is 11.7. The van der Waals surface area contributed by atoms with Gasteiger partial charge in [0.2, 0.25) is 5.91 Å². The molecule has 1 aliphatic rings. The van der Waals surface area contributed by atoms with Crippen LogP contribution >= 0.6 is 11.3 Å². The largest absolute Gasteiger partial charge is 0.480 e. The third kappa shape index (κ3) is 7.21. The van der Waals surface area contributed by atoms with Gasteiger partial charge in [-0.25, -0.2) is 8.93 Å². The number of aliphatic imine (C=N–C) groups is 1. The van der Waals surface area contributed by atoms with Gasteiger partial charge in [-0.3, -0.25) is 24.7 Å². The Balaban J connectivity index is 1.29. The van der Waals surface area contributed by atoms with Crippen LogP contribution in [0.4, 0.5) is 0 Å². The predicted octanol–water partition coefficient (Wildman–Crippen LogP) is 1.79. The SMILES string of the molecule is O=C(CCc1ccc(C(=O)NCC(NS(=O)c2cccc3ccccc23)C(=O)O)s1)NC1=NCCCN1. The van der Waals surface area contributed by atoms with Crippen molar-refractivity contribution in [1.82, 2.24) is 20.7 Å². The number of hydrogen-bond donors (Lipinski definition) is 5. The highest BCUT2D eigenvalue weighted by Crippen LogP contribution is 2.21. The van der Waals surface area contributed by atoms with Gasteiger partial charge in [-0.2, -0.15) is 0 Å². The molecule has 2 heterocycles. The molecule has 0 radical (unpaired) electrons. The minimum atomic E-state index is -1.80. The number of aryl methyl sites for hydroxylation is 1. The standard InChI is InChI=1S/C25H27N5O5S2/c31-22(29-25-26-13-4-14-27-25)12-10-17-9-11-20(36-17)23(32)28-15-19(24(33)34)30-37(35)21-8-3-6-16-5-1-2-7-18(16)21/h1-3,5-9,11,19,30H,4,10,12-15H2,(H,28,32)(H,33,34)(H2,26,27,29,31). The second-order valence-corrected chi connectivity index (χ2v) is 10.7. The van der Waals surface area contributed by atoms with E-state index >= 15 is 0 Å². The van der Waals surface area contributed by atoms with Crippen molar-refractivity contribution < 1.29 is 23.7 Å². The van der Waals surface area contributed by atoms with Gasteiger partial charge in [0.05, 0.1) is 9.77 Å². The molecule has 0 saturated carbocycles. The molecule has 0 bridgehead atoms. The maximum absolute atomic E-state index is 12.9. The molecule has 37 heavy (non-hydrogen) atoms. The fraction of sp³-hybridized carbons (Fsp3) is 0.280. The molecule has 4 rings (SSSR count). The molecule has 2 unspecified atom stereocenters. The number of aliphatic carboxylic acids is 1. The fourth-order valence-corrected chi connectivity index (χ4v) is 5.77. The summed E-state index contributed by atoms with van der Waals surface area (Å²) in [5, 5.41) is 19.6. The number of nitrogens with one attached hydrogen (secondary N) is 4. The number of guanidine groups is 1. The molecule has 194 valence electrons. The van der Waals surface area contributed by atoms with Crippen molar-refractivity contribution in [3.8, 4) is 0 Å². The average molecular weight is 542 g/mol. The van der Waals surface area contributed by atoms with Crippen LogP contribution in [0.2, 0.25) is 0 Å². The Labute approximate surface area is 220 Å². The van der Waals surface area contributed by atoms with Crippen molar-refractivity contribution in [2.75, 3.05) is 19.6 Å². The number of carboxylic acid groups (broad SMARTS) is 1. The van der Waals surface area contributed by atoms with Gasteiger partial charge in [-0.1, -0.05) is 36.4 Å². The highest BCUT2D eigenvalue weighted by Gasteiger charge is 2.23. The van der Waals surface area contributed by atoms with E-state index in [9.17, 15) is 23.7 Å². The summed E-state index contributed by atoms with van der Waals surface area (Å²) in [6, 6.07) is 14.9. The molecule has 1 aromatic heterocycles. The fourth-order valence-electron chi connectivity index (χ4n) is 3.69. The third-order valence-electron chi connectivity index (χ3n) is 5.60. The molecule has 1 aliphatic heterocycles. The highest BCUT2D eigenvalue weighted by molar-refractivity contribution is 7.83. The monoisotopic (exact) mass is 541 g/mol. The first-order chi connectivity index (χ1) is 17.9. The van der Waals surface area contributed by atoms with E-state index in [1.807, 2.05) is 30.3 Å². The lowest BCUT2D eigenvalue weighted by Gasteiger charge is -2.15. The van der Waals surface area contributed by atoms with Crippen LogP contribution in [-0.4, -0.2) is 58.7 Å². The maximum Gasteiger partial charge on any atom is 0.323 e. The molecular formula is C25H27N5O5S2. The number of amides is 2. The minimum Gasteiger partial charge on any atom is -0.480 e. The van der Waals surface area contributed by atoms with Crippen LogP contribution in [0, 0.1) is 0 Å². The lowest BCUT2D eigenvalue weighted by Crippen LogP contribution is -2.46. The van der Waals surface area contributed by atoms with Gasteiger partial charge >= 0.3 is 5.97 Å². The summed E-state index contributed by atoms with van der Waals surface area (Å²) >= 11 is 1.24. The maximum atomic E-state index is 12.9. The molecule has 5 N–H and O–H groups in total. The number of carboxylic acids is 1. The van der Waals surface area contributed by atoms with Crippen LogP contribution in [0.15, 0.2) is 64.5 Å². The summed E-state index contributed by atoms with van der Waals surface area (Å²) < 4.78 is 15.5. The molecule has 0 aliphatic carbocycles. The number of carbonyl (C=O) groups excluding carboxylic acids is 2. The van der Waals surface area contributed by atoms with E-state index < -0.39 is 28.9 Å². The first-order valence-corrected chi connectivity index (χ1v) is 13.7. The minimum absolute atomic E-state index is 0.165. The molecule has 0 spiro atoms. The number of carbonyl (C=O) groups is 3. The highest BCUT2D eigenvalue weighted by atomic mass is 32.2. The quantitative estimate of drug-likeness (QED) is 0.264. The number of thiophene rings is 1. The summed E-state index contributed by atoms with van der Waals surface area (Å²) in [5.41, 5.74) is 0. The molecule has 2 amide bonds. The van der Waals surface area contributed by atoms with Crippen molar-refractivity contribution in [1.29, 1.82) is 0 Å². The first kappa shape index (κ1) is 26.5. The number of fused-ring (bicyclic) bond motifs is 1. The zero-order valence-electron chi connectivity index (χ0n) is 19.9. The molecule has 2 atom stereocenters. The Morgan fingerprint density at radius 1 is 1.11 bits per heavy atom. The lowest BCUT2D eigenvalue weighted by molar-refractivity contribution is -0.138. The van der Waals surface area contributed by atoms with E-state index in [1.165, 1.54) is 11.3 Å². The molecular weight excluding hydrogens is 514 g/mol. The Bertz CT molecular complexity index is 1350. The van der Waals surface area contributed by atoms with Gasteiger partial charge in [0, 0.05) is 30.9 Å². The molecule has 0 fully saturated rings. The van der Waals surface area contributed by atoms with Gasteiger partial charge in [0.15, 0.2) is 5.96 Å². The van der Waals surface area contributed by atoms with Gasteiger partial charge in [0.1, 0.15) is 17.0 Å². The number of nitrogens with zero attached hydrogens (tertiary/aromatic N) is 1. The Kier molecular flexibility index (Phi) is 8.99. The van der Waals surface area contributed by atoms with Crippen LogP contribution in [0.5, 0.6) is 0 Å². The van der Waals surface area contributed by atoms with E-state index in [2.05, 4.69) is 25.7 Å². The molecule has 0 saturated heterocycles. The van der Waals surface area contributed by atoms with Gasteiger partial charge in [0.25, 0.3) is 5.91 Å². The molecule has 10 nitrogen and oxygen atoms in total. The Morgan fingerprint density at radius 2 is 1.92 bits per heavy atom. The van der Waals surface area contributed by atoms with Gasteiger partial charge in [-0.15, -0.1) is 11.3 Å². The van der Waals surface area contributed by atoms with Crippen molar-refractivity contribution in [2.24, 2.45) is 4.99 Å². The average Bonchev–Trinajstić information content (AvgIpc) is 3.39. The molecule has 3 aromatic rings. The van der Waals surface area contributed by atoms with Crippen molar-refractivity contribution in [3.05, 3.63) is 64.4 Å². The summed E-state index contributed by atoms with van der Waals surface area (Å²) in [6.45, 7) is 1.21. The zero-order valence-corrected chi connectivity index (χ0v) is 21.5. The number of rotatable bonds is 10. The topological polar surface area (TPSA) is 149 Å². The zero-order chi connectivity index (χ0) is 26.2. The van der Waals surface area contributed by atoms with Crippen molar-refractivity contribution >= 4 is 56.8 Å². The van der Waals surface area contributed by atoms with E-state index in [1.54, 1.807) is 24.3 Å². The third-order valence-corrected chi connectivity index (χ3v) is 8.00. The van der Waals surface area contributed by atoms with E-state index in [-0.39, 0.29) is 18.9 Å². The van der Waals surface area contributed by atoms with Crippen LogP contribution < -0.4 is 20.7 Å². The second-order valence-electron chi connectivity index (χ2n) is 8.29. The summed E-state index contributed by atoms with van der Waals surface area (Å²) in [5.74, 6) is -1.35. The Hall–Kier alpha value is -3.61.